The van der Waals surface area contributed by atoms with Crippen LogP contribution in [0.25, 0.3) is 0 Å². The van der Waals surface area contributed by atoms with Gasteiger partial charge >= 0.3 is 0 Å². The molecule has 0 saturated carbocycles. The zero-order valence-corrected chi connectivity index (χ0v) is 40.3. The minimum Gasteiger partial charge on any atom is -0.322 e. The molecule has 0 aliphatic carbocycles. The molecule has 3 amide bonds. The third-order valence-electron chi connectivity index (χ3n) is 12.2. The van der Waals surface area contributed by atoms with Gasteiger partial charge in [-0.1, -0.05) is 94.9 Å². The summed E-state index contributed by atoms with van der Waals surface area (Å²) in [5, 5.41) is 20.9. The van der Waals surface area contributed by atoms with Crippen LogP contribution in [-0.2, 0) is 0 Å². The molecule has 3 aliphatic rings. The Morgan fingerprint density at radius 1 is 0.403 bits per heavy atom. The van der Waals surface area contributed by atoms with Crippen LogP contribution in [0.15, 0.2) is 140 Å². The quantitative estimate of drug-likeness (QED) is 0.0858. The Morgan fingerprint density at radius 2 is 0.746 bits per heavy atom. The summed E-state index contributed by atoms with van der Waals surface area (Å²) in [7, 11) is 0. The van der Waals surface area contributed by atoms with Crippen molar-refractivity contribution in [1.82, 2.24) is 16.0 Å². The van der Waals surface area contributed by atoms with E-state index < -0.39 is 0 Å². The van der Waals surface area contributed by atoms with Crippen LogP contribution in [0, 0.1) is 0 Å². The highest BCUT2D eigenvalue weighted by Gasteiger charge is 2.18. The molecule has 0 spiro atoms. The number of rotatable bonds is 9. The average molecular weight is 979 g/mol. The predicted octanol–water partition coefficient (Wildman–Crippen LogP) is 12.8. The van der Waals surface area contributed by atoms with Gasteiger partial charge in [0.05, 0.1) is 10.0 Å². The molecular formula is C54H56Cl4N6O3. The van der Waals surface area contributed by atoms with Crippen LogP contribution in [0.3, 0.4) is 0 Å². The number of nitrogens with one attached hydrogen (secondary N) is 6. The third-order valence-corrected chi connectivity index (χ3v) is 13.4. The first-order valence-electron chi connectivity index (χ1n) is 22.9. The lowest BCUT2D eigenvalue weighted by atomic mass is 9.91. The summed E-state index contributed by atoms with van der Waals surface area (Å²) in [6, 6.07) is 43.1. The number of amides is 3. The SMILES string of the molecule is O=C(Nc1ccc([C@@H]2CCCNC2)cc1)c1ccc(Cl)c(Cl)c1.O=C(Nc1ccc([C@@H]2CCCNC2)cc1)c1cccc(Cl)c1.O=C(Nc1ccc([C@H]2CCCNC2)cc1)c1cccc(Cl)c1. The van der Waals surface area contributed by atoms with E-state index in [2.05, 4.69) is 68.3 Å². The lowest BCUT2D eigenvalue weighted by Crippen LogP contribution is -2.28. The van der Waals surface area contributed by atoms with Crippen molar-refractivity contribution in [2.24, 2.45) is 0 Å². The fourth-order valence-electron chi connectivity index (χ4n) is 8.43. The zero-order chi connectivity index (χ0) is 47.0. The first-order chi connectivity index (χ1) is 32.6. The molecule has 67 heavy (non-hydrogen) atoms. The highest BCUT2D eigenvalue weighted by atomic mass is 35.5. The molecule has 3 fully saturated rings. The third kappa shape index (κ3) is 15.1. The van der Waals surface area contributed by atoms with E-state index in [9.17, 15) is 14.4 Å². The van der Waals surface area contributed by atoms with Crippen molar-refractivity contribution < 1.29 is 14.4 Å². The Labute approximate surface area is 413 Å². The number of benzene rings is 6. The van der Waals surface area contributed by atoms with E-state index in [0.717, 1.165) is 56.3 Å². The molecule has 0 unspecified atom stereocenters. The maximum atomic E-state index is 12.2. The molecule has 6 aromatic rings. The van der Waals surface area contributed by atoms with Crippen LogP contribution in [0.4, 0.5) is 17.1 Å². The molecule has 0 bridgehead atoms. The summed E-state index contributed by atoms with van der Waals surface area (Å²) in [6.07, 6.45) is 7.31. The number of hydrogen-bond acceptors (Lipinski definition) is 6. The van der Waals surface area contributed by atoms with Gasteiger partial charge in [0.1, 0.15) is 0 Å². The number of carbonyl (C=O) groups excluding carboxylic acids is 3. The highest BCUT2D eigenvalue weighted by molar-refractivity contribution is 6.42. The Bertz CT molecular complexity index is 2440. The van der Waals surface area contributed by atoms with Crippen LogP contribution in [0.5, 0.6) is 0 Å². The normalized spacial score (nSPS) is 17.9. The molecule has 9 rings (SSSR count). The van der Waals surface area contributed by atoms with Gasteiger partial charge in [0.15, 0.2) is 0 Å². The summed E-state index contributed by atoms with van der Waals surface area (Å²) in [5.41, 5.74) is 7.95. The predicted molar refractivity (Wildman–Crippen MR) is 277 cm³/mol. The summed E-state index contributed by atoms with van der Waals surface area (Å²) >= 11 is 23.6. The van der Waals surface area contributed by atoms with E-state index in [4.69, 9.17) is 46.4 Å². The van der Waals surface area contributed by atoms with Gasteiger partial charge in [-0.25, -0.2) is 0 Å². The lowest BCUT2D eigenvalue weighted by Gasteiger charge is -2.23. The van der Waals surface area contributed by atoms with Gasteiger partial charge in [0.2, 0.25) is 0 Å². The second kappa shape index (κ2) is 25.2. The Balaban J connectivity index is 0.000000149. The lowest BCUT2D eigenvalue weighted by molar-refractivity contribution is 0.101. The van der Waals surface area contributed by atoms with Crippen molar-refractivity contribution in [3.8, 4) is 0 Å². The average Bonchev–Trinajstić information content (AvgIpc) is 3.37. The molecule has 3 heterocycles. The maximum absolute atomic E-state index is 12.2. The van der Waals surface area contributed by atoms with E-state index in [1.165, 1.54) is 55.2 Å². The van der Waals surface area contributed by atoms with Crippen molar-refractivity contribution in [2.45, 2.75) is 56.3 Å². The minimum absolute atomic E-state index is 0.144. The number of hydrogen-bond donors (Lipinski definition) is 6. The van der Waals surface area contributed by atoms with Gasteiger partial charge in [-0.15, -0.1) is 0 Å². The minimum atomic E-state index is -0.198. The van der Waals surface area contributed by atoms with Gasteiger partial charge in [-0.3, -0.25) is 14.4 Å². The van der Waals surface area contributed by atoms with Gasteiger partial charge in [-0.2, -0.15) is 0 Å². The summed E-state index contributed by atoms with van der Waals surface area (Å²) < 4.78 is 0. The van der Waals surface area contributed by atoms with E-state index in [1.807, 2.05) is 36.4 Å². The Morgan fingerprint density at radius 3 is 1.04 bits per heavy atom. The summed E-state index contributed by atoms with van der Waals surface area (Å²) in [6.45, 7) is 6.43. The standard InChI is InChI=1S/C18H18Cl2N2O.2C18H19ClN2O/c19-16-8-5-13(10-17(16)20)18(23)22-15-6-3-12(4-7-15)14-2-1-9-21-11-14;2*19-16-5-1-3-14(11-16)18(22)21-17-8-6-13(7-9-17)15-4-2-10-20-12-15/h3-8,10,14,21H,1-2,9,11H2,(H,22,23);2*1,3,5-9,11,15,20H,2,4,10,12H2,(H,21,22)/t14-;2*15-/m110/s1. The molecular weight excluding hydrogens is 922 g/mol. The molecule has 6 aromatic carbocycles. The zero-order valence-electron chi connectivity index (χ0n) is 37.2. The second-order valence-corrected chi connectivity index (χ2v) is 18.7. The molecule has 9 nitrogen and oxygen atoms in total. The number of halogens is 4. The van der Waals surface area contributed by atoms with Crippen molar-refractivity contribution in [2.75, 3.05) is 55.2 Å². The largest absolute Gasteiger partial charge is 0.322 e. The fraction of sp³-hybridized carbons (Fsp3) is 0.278. The van der Waals surface area contributed by atoms with E-state index in [1.54, 1.807) is 66.7 Å². The van der Waals surface area contributed by atoms with Crippen molar-refractivity contribution in [3.63, 3.8) is 0 Å². The Kier molecular flexibility index (Phi) is 18.7. The number of carbonyl (C=O) groups is 3. The molecule has 3 aliphatic heterocycles. The maximum Gasteiger partial charge on any atom is 0.255 e. The van der Waals surface area contributed by atoms with Gasteiger partial charge in [-0.05, 0) is 184 Å². The highest BCUT2D eigenvalue weighted by Crippen LogP contribution is 2.28. The van der Waals surface area contributed by atoms with Crippen LogP contribution in [0.1, 0.15) is 104 Å². The number of anilines is 3. The topological polar surface area (TPSA) is 123 Å². The van der Waals surface area contributed by atoms with E-state index >= 15 is 0 Å². The Hall–Kier alpha value is -5.23. The molecule has 0 aromatic heterocycles. The number of piperidine rings is 3. The van der Waals surface area contributed by atoms with Crippen LogP contribution >= 0.6 is 46.4 Å². The molecule has 13 heteroatoms. The second-order valence-electron chi connectivity index (χ2n) is 17.0. The molecule has 6 N–H and O–H groups in total. The van der Waals surface area contributed by atoms with Crippen LogP contribution in [-0.4, -0.2) is 57.0 Å². The van der Waals surface area contributed by atoms with Crippen LogP contribution < -0.4 is 31.9 Å². The molecule has 3 saturated heterocycles. The van der Waals surface area contributed by atoms with Gasteiger partial charge < -0.3 is 31.9 Å². The van der Waals surface area contributed by atoms with Crippen molar-refractivity contribution in [3.05, 3.63) is 193 Å². The summed E-state index contributed by atoms with van der Waals surface area (Å²) in [4.78, 5) is 36.6. The van der Waals surface area contributed by atoms with Gasteiger partial charge in [0.25, 0.3) is 17.7 Å². The van der Waals surface area contributed by atoms with Crippen LogP contribution in [0.2, 0.25) is 20.1 Å². The monoisotopic (exact) mass is 976 g/mol. The van der Waals surface area contributed by atoms with E-state index in [0.29, 0.717) is 54.5 Å². The van der Waals surface area contributed by atoms with Crippen molar-refractivity contribution in [1.29, 1.82) is 0 Å². The van der Waals surface area contributed by atoms with E-state index in [-0.39, 0.29) is 17.7 Å². The molecule has 0 radical (unpaired) electrons. The summed E-state index contributed by atoms with van der Waals surface area (Å²) in [5.74, 6) is 1.22. The van der Waals surface area contributed by atoms with Gasteiger partial charge in [0, 0.05) is 63.4 Å². The fourth-order valence-corrected chi connectivity index (χ4v) is 9.11. The first kappa shape index (κ1) is 49.7. The smallest absolute Gasteiger partial charge is 0.255 e. The van der Waals surface area contributed by atoms with Crippen molar-refractivity contribution >= 4 is 81.2 Å². The molecule has 348 valence electrons. The first-order valence-corrected chi connectivity index (χ1v) is 24.4. The molecule has 3 atom stereocenters.